The van der Waals surface area contributed by atoms with Crippen LogP contribution in [0.3, 0.4) is 0 Å². The van der Waals surface area contributed by atoms with Gasteiger partial charge in [0.25, 0.3) is 0 Å². The highest BCUT2D eigenvalue weighted by atomic mass is 19.2. The van der Waals surface area contributed by atoms with Crippen LogP contribution in [0.4, 0.5) is 49.4 Å². The number of amides is 2. The molecule has 4 aromatic heterocycles. The second kappa shape index (κ2) is 20.1. The van der Waals surface area contributed by atoms with Crippen molar-refractivity contribution in [2.24, 2.45) is 0 Å². The molecule has 0 saturated carbocycles. The molecule has 0 bridgehead atoms. The molecular weight excluding hydrogens is 867 g/mol. The quantitative estimate of drug-likeness (QED) is 0.0830. The van der Waals surface area contributed by atoms with Crippen LogP contribution in [0.5, 0.6) is 0 Å². The van der Waals surface area contributed by atoms with Crippen LogP contribution in [0.25, 0.3) is 0 Å². The van der Waals surface area contributed by atoms with E-state index in [4.69, 9.17) is 9.97 Å². The van der Waals surface area contributed by atoms with E-state index in [1.807, 2.05) is 51.3 Å². The first kappa shape index (κ1) is 47.1. The smallest absolute Gasteiger partial charge is 0.249 e. The van der Waals surface area contributed by atoms with Crippen LogP contribution >= 0.6 is 0 Å². The van der Waals surface area contributed by atoms with E-state index in [-0.39, 0.29) is 48.1 Å². The molecule has 2 amide bonds. The Morgan fingerprint density at radius 1 is 0.500 bits per heavy atom. The zero-order valence-electron chi connectivity index (χ0n) is 37.5. The number of rotatable bonds is 14. The lowest BCUT2D eigenvalue weighted by molar-refractivity contribution is -0.120. The average molecular weight is 917 g/mol. The van der Waals surface area contributed by atoms with Crippen molar-refractivity contribution in [3.8, 4) is 0 Å². The standard InChI is InChI=1S/2C23H25F3N6O/c2*1-4-31-14(3)23(33)32(5-2)19-11-27-20(29-22(19)31)7-6-15-10-28-30(12-15)13-16-8-17(24)21(26)18(25)9-16/h2*8-12,14H,4-7,13H2,1-3H3/t2*14-/m10/s1. The summed E-state index contributed by atoms with van der Waals surface area (Å²) in [5.74, 6) is -4.95. The Kier molecular flexibility index (Phi) is 14.4. The van der Waals surface area contributed by atoms with Crippen LogP contribution in [-0.2, 0) is 48.4 Å². The van der Waals surface area contributed by atoms with Gasteiger partial charge in [0.05, 0.1) is 37.9 Å². The van der Waals surface area contributed by atoms with Crippen molar-refractivity contribution >= 4 is 34.8 Å². The van der Waals surface area contributed by atoms with E-state index < -0.39 is 34.9 Å². The van der Waals surface area contributed by atoms with Gasteiger partial charge in [0.1, 0.15) is 35.1 Å². The summed E-state index contributed by atoms with van der Waals surface area (Å²) in [5, 5.41) is 8.45. The maximum Gasteiger partial charge on any atom is 0.249 e. The molecule has 0 unspecified atom stereocenters. The van der Waals surface area contributed by atoms with Crippen molar-refractivity contribution in [3.05, 3.63) is 130 Å². The van der Waals surface area contributed by atoms with Crippen molar-refractivity contribution in [1.29, 1.82) is 0 Å². The minimum Gasteiger partial charge on any atom is -0.343 e. The van der Waals surface area contributed by atoms with Gasteiger partial charge in [-0.25, -0.2) is 46.3 Å². The van der Waals surface area contributed by atoms with Crippen LogP contribution in [0.2, 0.25) is 0 Å². The molecule has 0 saturated heterocycles. The predicted octanol–water partition coefficient (Wildman–Crippen LogP) is 7.01. The largest absolute Gasteiger partial charge is 0.343 e. The number of carbonyl (C=O) groups excluding carboxylic acids is 2. The zero-order valence-corrected chi connectivity index (χ0v) is 37.5. The molecule has 2 atom stereocenters. The number of halogens is 6. The molecule has 66 heavy (non-hydrogen) atoms. The average Bonchev–Trinajstić information content (AvgIpc) is 3.96. The summed E-state index contributed by atoms with van der Waals surface area (Å²) >= 11 is 0. The Bertz CT molecular complexity index is 2500. The van der Waals surface area contributed by atoms with Gasteiger partial charge in [-0.3, -0.25) is 19.0 Å². The van der Waals surface area contributed by atoms with Crippen LogP contribution in [0, 0.1) is 34.9 Å². The number of benzene rings is 2. The highest BCUT2D eigenvalue weighted by Gasteiger charge is 2.37. The fourth-order valence-electron chi connectivity index (χ4n) is 8.20. The summed E-state index contributed by atoms with van der Waals surface area (Å²) in [6, 6.07) is 3.28. The number of nitrogens with zero attached hydrogens (tertiary/aromatic N) is 12. The third-order valence-corrected chi connectivity index (χ3v) is 11.6. The SMILES string of the molecule is CCN1C(=O)[C@@H](C)N(CC)c2nc(CCc3cnn(Cc4cc(F)c(F)c(F)c4)c3)ncc21.CCN1C(=O)[C@H](C)N(CC)c2nc(CCc3cnn(Cc4cc(F)c(F)c(F)c4)c3)ncc21. The van der Waals surface area contributed by atoms with Crippen molar-refractivity contribution in [2.75, 3.05) is 45.8 Å². The molecule has 2 aromatic carbocycles. The number of aromatic nitrogens is 8. The first-order chi connectivity index (χ1) is 31.6. The Hall–Kier alpha value is -6.86. The maximum absolute atomic E-state index is 13.4. The molecule has 0 aliphatic carbocycles. The number of aryl methyl sites for hydroxylation is 4. The molecule has 20 heteroatoms. The van der Waals surface area contributed by atoms with Crippen LogP contribution in [0.15, 0.2) is 61.4 Å². The first-order valence-electron chi connectivity index (χ1n) is 21.8. The predicted molar refractivity (Wildman–Crippen MR) is 235 cm³/mol. The summed E-state index contributed by atoms with van der Waals surface area (Å²) < 4.78 is 83.1. The number of fused-ring (bicyclic) bond motifs is 2. The number of hydrogen-bond acceptors (Lipinski definition) is 10. The Balaban J connectivity index is 0.000000196. The molecule has 348 valence electrons. The van der Waals surface area contributed by atoms with Crippen molar-refractivity contribution in [2.45, 2.75) is 92.4 Å². The van der Waals surface area contributed by atoms with Crippen molar-refractivity contribution in [3.63, 3.8) is 0 Å². The number of carbonyl (C=O) groups is 2. The van der Waals surface area contributed by atoms with Crippen molar-refractivity contribution in [1.82, 2.24) is 39.5 Å². The minimum absolute atomic E-state index is 0.0385. The van der Waals surface area contributed by atoms with Gasteiger partial charge in [0, 0.05) is 51.4 Å². The maximum atomic E-state index is 13.4. The molecule has 8 rings (SSSR count). The highest BCUT2D eigenvalue weighted by Crippen LogP contribution is 2.35. The van der Waals surface area contributed by atoms with Gasteiger partial charge in [-0.05, 0) is 101 Å². The van der Waals surface area contributed by atoms with Gasteiger partial charge in [0.2, 0.25) is 11.8 Å². The normalized spacial score (nSPS) is 15.8. The van der Waals surface area contributed by atoms with Gasteiger partial charge in [0.15, 0.2) is 46.5 Å². The molecule has 0 N–H and O–H groups in total. The molecule has 6 aromatic rings. The van der Waals surface area contributed by atoms with E-state index in [1.165, 1.54) is 0 Å². The van der Waals surface area contributed by atoms with Crippen LogP contribution in [0.1, 0.15) is 75.4 Å². The van der Waals surface area contributed by atoms with Crippen LogP contribution in [-0.4, -0.2) is 89.6 Å². The zero-order chi connectivity index (χ0) is 47.4. The number of anilines is 4. The molecule has 0 radical (unpaired) electrons. The summed E-state index contributed by atoms with van der Waals surface area (Å²) in [6.07, 6.45) is 12.6. The van der Waals surface area contributed by atoms with E-state index in [2.05, 4.69) is 20.2 Å². The van der Waals surface area contributed by atoms with Crippen molar-refractivity contribution < 1.29 is 35.9 Å². The van der Waals surface area contributed by atoms with E-state index in [0.717, 1.165) is 58.4 Å². The van der Waals surface area contributed by atoms with Gasteiger partial charge in [-0.2, -0.15) is 10.2 Å². The molecule has 2 aliphatic heterocycles. The third kappa shape index (κ3) is 9.86. The molecule has 6 heterocycles. The first-order valence-corrected chi connectivity index (χ1v) is 21.8. The summed E-state index contributed by atoms with van der Waals surface area (Å²) in [5.41, 5.74) is 3.82. The molecule has 2 aliphatic rings. The Morgan fingerprint density at radius 3 is 1.20 bits per heavy atom. The Labute approximate surface area is 377 Å². The van der Waals surface area contributed by atoms with Gasteiger partial charge >= 0.3 is 0 Å². The lowest BCUT2D eigenvalue weighted by atomic mass is 10.1. The Morgan fingerprint density at radius 2 is 0.864 bits per heavy atom. The van der Waals surface area contributed by atoms with Gasteiger partial charge < -0.3 is 19.6 Å². The molecule has 0 spiro atoms. The highest BCUT2D eigenvalue weighted by molar-refractivity contribution is 6.05. The monoisotopic (exact) mass is 916 g/mol. The second-order valence-electron chi connectivity index (χ2n) is 15.9. The van der Waals surface area contributed by atoms with E-state index in [0.29, 0.717) is 63.5 Å². The van der Waals surface area contributed by atoms with Gasteiger partial charge in [-0.15, -0.1) is 0 Å². The topological polar surface area (TPSA) is 134 Å². The van der Waals surface area contributed by atoms with E-state index >= 15 is 0 Å². The fourth-order valence-corrected chi connectivity index (χ4v) is 8.20. The molecular formula is C46H50F6N12O2. The van der Waals surface area contributed by atoms with E-state index in [1.54, 1.807) is 56.3 Å². The molecule has 14 nitrogen and oxygen atoms in total. The summed E-state index contributed by atoms with van der Waals surface area (Å²) in [7, 11) is 0. The lowest BCUT2D eigenvalue weighted by Crippen LogP contribution is -2.52. The van der Waals surface area contributed by atoms with Crippen LogP contribution < -0.4 is 19.6 Å². The summed E-state index contributed by atoms with van der Waals surface area (Å²) in [6.45, 7) is 14.3. The number of hydrogen-bond donors (Lipinski definition) is 0. The fraction of sp³-hybridized carbons (Fsp3) is 0.391. The third-order valence-electron chi connectivity index (χ3n) is 11.6. The van der Waals surface area contributed by atoms with Gasteiger partial charge in [-0.1, -0.05) is 0 Å². The van der Waals surface area contributed by atoms with E-state index in [9.17, 15) is 35.9 Å². The number of likely N-dealkylation sites (N-methyl/N-ethyl adjacent to an activating group) is 4. The summed E-state index contributed by atoms with van der Waals surface area (Å²) in [4.78, 5) is 51.0. The minimum atomic E-state index is -1.48. The molecule has 0 fully saturated rings. The lowest BCUT2D eigenvalue weighted by Gasteiger charge is -2.39. The second-order valence-corrected chi connectivity index (χ2v) is 15.9.